The zero-order valence-corrected chi connectivity index (χ0v) is 21.3. The maximum atomic E-state index is 12.7. The second-order valence-electron chi connectivity index (χ2n) is 8.99. The van der Waals surface area contributed by atoms with Gasteiger partial charge in [-0.1, -0.05) is 54.1 Å². The minimum Gasteiger partial charge on any atom is -0.376 e. The van der Waals surface area contributed by atoms with Crippen molar-refractivity contribution in [2.45, 2.75) is 19.9 Å². The number of carbonyl (C=O) groups excluding carboxylic acids is 3. The van der Waals surface area contributed by atoms with Gasteiger partial charge in [-0.15, -0.1) is 0 Å². The third kappa shape index (κ3) is 7.30. The number of hydrogen-bond acceptors (Lipinski definition) is 4. The molecule has 4 aromatic carbocycles. The minimum absolute atomic E-state index is 0.0382. The van der Waals surface area contributed by atoms with E-state index in [1.165, 1.54) is 0 Å². The molecule has 0 aromatic heterocycles. The fourth-order valence-electron chi connectivity index (χ4n) is 3.89. The first-order chi connectivity index (χ1) is 18.4. The van der Waals surface area contributed by atoms with Crippen molar-refractivity contribution in [2.24, 2.45) is 0 Å². The molecule has 0 bridgehead atoms. The van der Waals surface area contributed by atoms with E-state index in [0.29, 0.717) is 22.5 Å². The Morgan fingerprint density at radius 1 is 0.658 bits per heavy atom. The van der Waals surface area contributed by atoms with Crippen molar-refractivity contribution in [3.8, 4) is 0 Å². The molecule has 0 saturated heterocycles. The Balaban J connectivity index is 1.27. The van der Waals surface area contributed by atoms with Crippen molar-refractivity contribution in [2.75, 3.05) is 22.5 Å². The van der Waals surface area contributed by atoms with E-state index in [9.17, 15) is 14.4 Å². The lowest BCUT2D eigenvalue weighted by Crippen LogP contribution is -2.27. The van der Waals surface area contributed by atoms with Gasteiger partial charge in [0.25, 0.3) is 11.8 Å². The van der Waals surface area contributed by atoms with Crippen LogP contribution < -0.4 is 21.3 Å². The molecule has 3 amide bonds. The van der Waals surface area contributed by atoms with Gasteiger partial charge in [-0.05, 0) is 74.0 Å². The Labute approximate surface area is 222 Å². The summed E-state index contributed by atoms with van der Waals surface area (Å²) in [7, 11) is 0. The van der Waals surface area contributed by atoms with Gasteiger partial charge in [-0.25, -0.2) is 0 Å². The van der Waals surface area contributed by atoms with Crippen LogP contribution in [0.1, 0.15) is 44.8 Å². The van der Waals surface area contributed by atoms with Crippen molar-refractivity contribution in [3.05, 3.63) is 125 Å². The molecule has 4 N–H and O–H groups in total. The summed E-state index contributed by atoms with van der Waals surface area (Å²) in [4.78, 5) is 37.6. The van der Waals surface area contributed by atoms with Crippen LogP contribution in [0.15, 0.2) is 103 Å². The largest absolute Gasteiger partial charge is 0.376 e. The zero-order chi connectivity index (χ0) is 26.9. The number of benzene rings is 4. The first-order valence-electron chi connectivity index (χ1n) is 12.3. The second-order valence-corrected chi connectivity index (χ2v) is 8.99. The number of aryl methyl sites for hydroxylation is 1. The first-order valence-corrected chi connectivity index (χ1v) is 12.3. The molecule has 0 aliphatic rings. The summed E-state index contributed by atoms with van der Waals surface area (Å²) >= 11 is 0. The van der Waals surface area contributed by atoms with Crippen molar-refractivity contribution < 1.29 is 14.4 Å². The fraction of sp³-hybridized carbons (Fsp3) is 0.129. The van der Waals surface area contributed by atoms with Gasteiger partial charge < -0.3 is 21.3 Å². The van der Waals surface area contributed by atoms with Gasteiger partial charge in [0.05, 0.1) is 12.6 Å². The third-order valence-corrected chi connectivity index (χ3v) is 5.93. The van der Waals surface area contributed by atoms with Crippen molar-refractivity contribution >= 4 is 34.8 Å². The lowest BCUT2D eigenvalue weighted by Gasteiger charge is -2.15. The molecule has 7 heteroatoms. The van der Waals surface area contributed by atoms with E-state index in [4.69, 9.17) is 0 Å². The Morgan fingerprint density at radius 3 is 2.03 bits per heavy atom. The summed E-state index contributed by atoms with van der Waals surface area (Å²) in [6.07, 6.45) is 0. The molecular weight excluding hydrogens is 476 g/mol. The first kappa shape index (κ1) is 26.2. The lowest BCUT2D eigenvalue weighted by atomic mass is 10.1. The number of anilines is 3. The zero-order valence-electron chi connectivity index (χ0n) is 21.3. The van der Waals surface area contributed by atoms with Gasteiger partial charge in [-0.2, -0.15) is 0 Å². The van der Waals surface area contributed by atoms with Gasteiger partial charge in [0.2, 0.25) is 5.91 Å². The van der Waals surface area contributed by atoms with Crippen LogP contribution in [0.4, 0.5) is 17.1 Å². The highest BCUT2D eigenvalue weighted by molar-refractivity contribution is 6.04. The highest BCUT2D eigenvalue weighted by Gasteiger charge is 2.12. The van der Waals surface area contributed by atoms with Gasteiger partial charge >= 0.3 is 0 Å². The van der Waals surface area contributed by atoms with E-state index in [0.717, 1.165) is 16.8 Å². The maximum Gasteiger partial charge on any atom is 0.255 e. The fourth-order valence-corrected chi connectivity index (χ4v) is 3.89. The molecule has 4 rings (SSSR count). The number of carbonyl (C=O) groups is 3. The second kappa shape index (κ2) is 12.4. The summed E-state index contributed by atoms with van der Waals surface area (Å²) in [5, 5.41) is 11.7. The standard InChI is InChI=1S/C31H30N4O3/c1-21-8-6-11-24(18-21)31(38)35-27-16-14-26(15-17-27)32-20-29(36)34-28-13-7-12-25(19-28)30(37)33-22(2)23-9-4-3-5-10-23/h3-19,22,32H,20H2,1-2H3,(H,33,37)(H,34,36)(H,35,38). The molecule has 0 heterocycles. The number of nitrogens with one attached hydrogen (secondary N) is 4. The SMILES string of the molecule is Cc1cccc(C(=O)Nc2ccc(NCC(=O)Nc3cccc(C(=O)NC(C)c4ccccc4)c3)cc2)c1. The molecule has 1 atom stereocenters. The van der Waals surface area contributed by atoms with Crippen LogP contribution in [0.3, 0.4) is 0 Å². The molecule has 38 heavy (non-hydrogen) atoms. The minimum atomic E-state index is -0.253. The molecule has 4 aromatic rings. The van der Waals surface area contributed by atoms with Crippen LogP contribution in [-0.2, 0) is 4.79 Å². The van der Waals surface area contributed by atoms with Gasteiger partial charge in [0, 0.05) is 28.2 Å². The highest BCUT2D eigenvalue weighted by Crippen LogP contribution is 2.17. The van der Waals surface area contributed by atoms with Crippen LogP contribution >= 0.6 is 0 Å². The average molecular weight is 507 g/mol. The van der Waals surface area contributed by atoms with Gasteiger partial charge in [0.1, 0.15) is 0 Å². The predicted molar refractivity (Wildman–Crippen MR) is 151 cm³/mol. The molecule has 7 nitrogen and oxygen atoms in total. The predicted octanol–water partition coefficient (Wildman–Crippen LogP) is 5.79. The van der Waals surface area contributed by atoms with E-state index < -0.39 is 0 Å². The average Bonchev–Trinajstić information content (AvgIpc) is 2.93. The number of amides is 3. The van der Waals surface area contributed by atoms with Crippen LogP contribution in [0, 0.1) is 6.92 Å². The van der Waals surface area contributed by atoms with Crippen LogP contribution in [0.5, 0.6) is 0 Å². The molecule has 192 valence electrons. The molecule has 0 aliphatic heterocycles. The van der Waals surface area contributed by atoms with Crippen molar-refractivity contribution in [1.29, 1.82) is 0 Å². The molecule has 0 saturated carbocycles. The Kier molecular flexibility index (Phi) is 8.51. The van der Waals surface area contributed by atoms with Gasteiger partial charge in [-0.3, -0.25) is 14.4 Å². The van der Waals surface area contributed by atoms with E-state index in [2.05, 4.69) is 21.3 Å². The summed E-state index contributed by atoms with van der Waals surface area (Å²) in [6.45, 7) is 3.90. The number of hydrogen-bond donors (Lipinski definition) is 4. The smallest absolute Gasteiger partial charge is 0.255 e. The maximum absolute atomic E-state index is 12.7. The van der Waals surface area contributed by atoms with E-state index in [1.807, 2.05) is 62.4 Å². The normalized spacial score (nSPS) is 11.2. The number of rotatable bonds is 9. The monoisotopic (exact) mass is 506 g/mol. The molecule has 1 unspecified atom stereocenters. The molecule has 0 spiro atoms. The van der Waals surface area contributed by atoms with E-state index in [1.54, 1.807) is 54.6 Å². The summed E-state index contributed by atoms with van der Waals surface area (Å²) in [6, 6.07) is 30.9. The summed E-state index contributed by atoms with van der Waals surface area (Å²) < 4.78 is 0. The van der Waals surface area contributed by atoms with Gasteiger partial charge in [0.15, 0.2) is 0 Å². The van der Waals surface area contributed by atoms with Crippen LogP contribution in [0.25, 0.3) is 0 Å². The Morgan fingerprint density at radius 2 is 1.32 bits per heavy atom. The summed E-state index contributed by atoms with van der Waals surface area (Å²) in [5.41, 5.74) is 5.00. The Bertz CT molecular complexity index is 1420. The van der Waals surface area contributed by atoms with E-state index >= 15 is 0 Å². The summed E-state index contributed by atoms with van der Waals surface area (Å²) in [5.74, 6) is -0.651. The van der Waals surface area contributed by atoms with Crippen molar-refractivity contribution in [1.82, 2.24) is 5.32 Å². The molecule has 0 radical (unpaired) electrons. The molecule has 0 fully saturated rings. The van der Waals surface area contributed by atoms with Crippen LogP contribution in [-0.4, -0.2) is 24.3 Å². The topological polar surface area (TPSA) is 99.3 Å². The molecule has 0 aliphatic carbocycles. The Hall–Kier alpha value is -4.91. The third-order valence-electron chi connectivity index (χ3n) is 5.93. The quantitative estimate of drug-likeness (QED) is 0.231. The highest BCUT2D eigenvalue weighted by atomic mass is 16.2. The lowest BCUT2D eigenvalue weighted by molar-refractivity contribution is -0.114. The van der Waals surface area contributed by atoms with Crippen molar-refractivity contribution in [3.63, 3.8) is 0 Å². The van der Waals surface area contributed by atoms with E-state index in [-0.39, 0.29) is 30.3 Å². The van der Waals surface area contributed by atoms with Crippen LogP contribution in [0.2, 0.25) is 0 Å². The molecular formula is C31H30N4O3.